The topological polar surface area (TPSA) is 64.9 Å². The third kappa shape index (κ3) is 2.75. The molecule has 20 heavy (non-hydrogen) atoms. The second-order valence-corrected chi connectivity index (χ2v) is 5.80. The third-order valence-electron chi connectivity index (χ3n) is 4.27. The quantitative estimate of drug-likeness (QED) is 0.928. The van der Waals surface area contributed by atoms with E-state index in [0.29, 0.717) is 17.6 Å². The average molecular weight is 271 g/mol. The predicted octanol–water partition coefficient (Wildman–Crippen LogP) is 3.49. The van der Waals surface area contributed by atoms with Gasteiger partial charge in [0.05, 0.1) is 6.54 Å². The molecule has 106 valence electrons. The van der Waals surface area contributed by atoms with E-state index in [0.717, 1.165) is 11.5 Å². The molecule has 1 saturated carbocycles. The van der Waals surface area contributed by atoms with Crippen molar-refractivity contribution in [3.8, 4) is 11.4 Å². The van der Waals surface area contributed by atoms with E-state index < -0.39 is 0 Å². The molecule has 0 spiro atoms. The van der Waals surface area contributed by atoms with Gasteiger partial charge in [-0.3, -0.25) is 0 Å². The largest absolute Gasteiger partial charge is 0.338 e. The molecule has 4 nitrogen and oxygen atoms in total. The summed E-state index contributed by atoms with van der Waals surface area (Å²) in [4.78, 5) is 4.29. The summed E-state index contributed by atoms with van der Waals surface area (Å²) in [6, 6.07) is 8.53. The number of hydrogen-bond acceptors (Lipinski definition) is 4. The van der Waals surface area contributed by atoms with Gasteiger partial charge in [-0.15, -0.1) is 0 Å². The zero-order valence-corrected chi connectivity index (χ0v) is 11.9. The first-order valence-electron chi connectivity index (χ1n) is 7.39. The number of rotatable bonds is 3. The van der Waals surface area contributed by atoms with Gasteiger partial charge in [0.1, 0.15) is 0 Å². The van der Waals surface area contributed by atoms with Gasteiger partial charge >= 0.3 is 0 Å². The molecule has 1 aliphatic carbocycles. The summed E-state index contributed by atoms with van der Waals surface area (Å²) in [5.41, 5.74) is 7.92. The van der Waals surface area contributed by atoms with Gasteiger partial charge in [0, 0.05) is 5.56 Å². The van der Waals surface area contributed by atoms with Gasteiger partial charge in [0.15, 0.2) is 0 Å². The average Bonchev–Trinajstić information content (AvgIpc) is 2.97. The summed E-state index contributed by atoms with van der Waals surface area (Å²) < 4.78 is 5.08. The van der Waals surface area contributed by atoms with Crippen molar-refractivity contribution in [1.82, 2.24) is 10.1 Å². The second kappa shape index (κ2) is 5.75. The van der Waals surface area contributed by atoms with E-state index in [1.807, 2.05) is 6.07 Å². The second-order valence-electron chi connectivity index (χ2n) is 5.80. The number of nitrogens with two attached hydrogens (primary N) is 1. The summed E-state index contributed by atoms with van der Waals surface area (Å²) in [6.07, 6.45) is 5.22. The first-order chi connectivity index (χ1) is 9.76. The minimum atomic E-state index is 0.285. The van der Waals surface area contributed by atoms with Gasteiger partial charge in [-0.25, -0.2) is 0 Å². The van der Waals surface area contributed by atoms with Crippen LogP contribution in [0.5, 0.6) is 0 Å². The Morgan fingerprint density at radius 2 is 2.05 bits per heavy atom. The van der Waals surface area contributed by atoms with Crippen molar-refractivity contribution in [3.63, 3.8) is 0 Å². The van der Waals surface area contributed by atoms with E-state index in [1.54, 1.807) is 0 Å². The molecule has 0 saturated heterocycles. The van der Waals surface area contributed by atoms with Crippen molar-refractivity contribution in [3.05, 3.63) is 35.7 Å². The number of nitrogens with zero attached hydrogens (tertiary/aromatic N) is 2. The van der Waals surface area contributed by atoms with Crippen molar-refractivity contribution in [2.45, 2.75) is 45.1 Å². The molecule has 1 aromatic heterocycles. The molecule has 1 fully saturated rings. The first-order valence-corrected chi connectivity index (χ1v) is 7.39. The standard InChI is InChI=1S/C16H21N3O/c1-11-5-7-12(8-6-11)13-3-2-4-14(9-13)16-18-15(10-17)20-19-16/h2-4,9,11-12H,5-8,10,17H2,1H3. The maximum atomic E-state index is 5.50. The fraction of sp³-hybridized carbons (Fsp3) is 0.500. The molecular weight excluding hydrogens is 250 g/mol. The molecule has 1 aliphatic rings. The maximum Gasteiger partial charge on any atom is 0.240 e. The van der Waals surface area contributed by atoms with Crippen LogP contribution in [-0.2, 0) is 6.54 Å². The van der Waals surface area contributed by atoms with Gasteiger partial charge < -0.3 is 10.3 Å². The Morgan fingerprint density at radius 3 is 2.75 bits per heavy atom. The fourth-order valence-corrected chi connectivity index (χ4v) is 2.98. The molecular formula is C16H21N3O. The van der Waals surface area contributed by atoms with Crippen LogP contribution in [0.2, 0.25) is 0 Å². The van der Waals surface area contributed by atoms with Crippen LogP contribution in [0.1, 0.15) is 50.0 Å². The van der Waals surface area contributed by atoms with Crippen LogP contribution in [0.15, 0.2) is 28.8 Å². The highest BCUT2D eigenvalue weighted by atomic mass is 16.5. The Labute approximate surface area is 119 Å². The van der Waals surface area contributed by atoms with Crippen molar-refractivity contribution in [2.24, 2.45) is 11.7 Å². The monoisotopic (exact) mass is 271 g/mol. The molecule has 0 aliphatic heterocycles. The molecule has 2 N–H and O–H groups in total. The highest BCUT2D eigenvalue weighted by molar-refractivity contribution is 5.55. The van der Waals surface area contributed by atoms with Gasteiger partial charge in [0.25, 0.3) is 0 Å². The molecule has 4 heteroatoms. The van der Waals surface area contributed by atoms with E-state index in [2.05, 4.69) is 35.3 Å². The Kier molecular flexibility index (Phi) is 3.83. The molecule has 0 atom stereocenters. The van der Waals surface area contributed by atoms with Gasteiger partial charge in [-0.2, -0.15) is 4.98 Å². The van der Waals surface area contributed by atoms with Crippen LogP contribution in [0.25, 0.3) is 11.4 Å². The van der Waals surface area contributed by atoms with E-state index in [4.69, 9.17) is 10.3 Å². The summed E-state index contributed by atoms with van der Waals surface area (Å²) in [6.45, 7) is 2.63. The van der Waals surface area contributed by atoms with E-state index in [-0.39, 0.29) is 6.54 Å². The molecule has 2 aromatic rings. The van der Waals surface area contributed by atoms with E-state index in [1.165, 1.54) is 31.2 Å². The van der Waals surface area contributed by atoms with Crippen LogP contribution < -0.4 is 5.73 Å². The lowest BCUT2D eigenvalue weighted by molar-refractivity contribution is 0.348. The van der Waals surface area contributed by atoms with Crippen molar-refractivity contribution in [1.29, 1.82) is 0 Å². The molecule has 3 rings (SSSR count). The van der Waals surface area contributed by atoms with E-state index in [9.17, 15) is 0 Å². The summed E-state index contributed by atoms with van der Waals surface area (Å²) in [5.74, 6) is 2.67. The highest BCUT2D eigenvalue weighted by Crippen LogP contribution is 2.36. The smallest absolute Gasteiger partial charge is 0.240 e. The maximum absolute atomic E-state index is 5.50. The molecule has 0 unspecified atom stereocenters. The summed E-state index contributed by atoms with van der Waals surface area (Å²) in [5, 5.41) is 3.99. The molecule has 0 radical (unpaired) electrons. The number of benzene rings is 1. The van der Waals surface area contributed by atoms with Gasteiger partial charge in [-0.05, 0) is 36.3 Å². The fourth-order valence-electron chi connectivity index (χ4n) is 2.98. The van der Waals surface area contributed by atoms with Crippen molar-refractivity contribution >= 4 is 0 Å². The zero-order valence-electron chi connectivity index (χ0n) is 11.9. The molecule has 0 amide bonds. The lowest BCUT2D eigenvalue weighted by Crippen LogP contribution is -2.10. The third-order valence-corrected chi connectivity index (χ3v) is 4.27. The van der Waals surface area contributed by atoms with Crippen LogP contribution >= 0.6 is 0 Å². The zero-order chi connectivity index (χ0) is 13.9. The lowest BCUT2D eigenvalue weighted by Gasteiger charge is -2.26. The van der Waals surface area contributed by atoms with Crippen molar-refractivity contribution in [2.75, 3.05) is 0 Å². The molecule has 0 bridgehead atoms. The lowest BCUT2D eigenvalue weighted by atomic mass is 9.79. The van der Waals surface area contributed by atoms with E-state index >= 15 is 0 Å². The Hall–Kier alpha value is -1.68. The van der Waals surface area contributed by atoms with Gasteiger partial charge in [-0.1, -0.05) is 43.1 Å². The van der Waals surface area contributed by atoms with Crippen LogP contribution in [0.3, 0.4) is 0 Å². The first kappa shape index (κ1) is 13.3. The SMILES string of the molecule is CC1CCC(c2cccc(-c3noc(CN)n3)c2)CC1. The molecule has 1 heterocycles. The number of aromatic nitrogens is 2. The minimum absolute atomic E-state index is 0.285. The summed E-state index contributed by atoms with van der Waals surface area (Å²) >= 11 is 0. The Bertz CT molecular complexity index is 571. The Balaban J connectivity index is 1.82. The van der Waals surface area contributed by atoms with Crippen LogP contribution in [0.4, 0.5) is 0 Å². The Morgan fingerprint density at radius 1 is 1.25 bits per heavy atom. The van der Waals surface area contributed by atoms with Crippen LogP contribution in [0, 0.1) is 5.92 Å². The van der Waals surface area contributed by atoms with Crippen molar-refractivity contribution < 1.29 is 4.52 Å². The highest BCUT2D eigenvalue weighted by Gasteiger charge is 2.20. The minimum Gasteiger partial charge on any atom is -0.338 e. The number of hydrogen-bond donors (Lipinski definition) is 1. The normalized spacial score (nSPS) is 22.9. The van der Waals surface area contributed by atoms with Gasteiger partial charge in [0.2, 0.25) is 11.7 Å². The summed E-state index contributed by atoms with van der Waals surface area (Å²) in [7, 11) is 0. The van der Waals surface area contributed by atoms with Crippen LogP contribution in [-0.4, -0.2) is 10.1 Å². The predicted molar refractivity (Wildman–Crippen MR) is 78.0 cm³/mol. The molecule has 1 aromatic carbocycles.